The van der Waals surface area contributed by atoms with Crippen molar-refractivity contribution in [3.05, 3.63) is 0 Å². The highest BCUT2D eigenvalue weighted by atomic mass is 16.8. The maximum absolute atomic E-state index is 14.1. The van der Waals surface area contributed by atoms with Crippen molar-refractivity contribution in [2.45, 2.75) is 168 Å². The molecule has 0 aromatic carbocycles. The lowest BCUT2D eigenvalue weighted by molar-refractivity contribution is -0.323. The highest BCUT2D eigenvalue weighted by molar-refractivity contribution is 5.84. The number of ether oxygens (including phenoxy) is 4. The highest BCUT2D eigenvalue weighted by Crippen LogP contribution is 2.63. The largest absolute Gasteiger partial charge is 0.392 e. The molecule has 0 amide bonds. The molecular formula is C34H60O8. The summed E-state index contributed by atoms with van der Waals surface area (Å²) in [5.74, 6) is -4.36. The fourth-order valence-electron chi connectivity index (χ4n) is 9.61. The average molecular weight is 597 g/mol. The summed E-state index contributed by atoms with van der Waals surface area (Å²) in [5, 5.41) is 33.5. The van der Waals surface area contributed by atoms with Crippen molar-refractivity contribution in [2.24, 2.45) is 41.4 Å². The molecule has 3 unspecified atom stereocenters. The number of aliphatic hydroxyl groups is 3. The molecule has 0 aromatic heterocycles. The zero-order chi connectivity index (χ0) is 31.6. The molecule has 3 N–H and O–H groups in total. The van der Waals surface area contributed by atoms with Gasteiger partial charge in [-0.2, -0.15) is 0 Å². The summed E-state index contributed by atoms with van der Waals surface area (Å²) in [4.78, 5) is 14.1. The van der Waals surface area contributed by atoms with E-state index >= 15 is 0 Å². The van der Waals surface area contributed by atoms with Gasteiger partial charge in [0.05, 0.1) is 36.1 Å². The van der Waals surface area contributed by atoms with Crippen molar-refractivity contribution < 1.29 is 39.1 Å². The minimum absolute atomic E-state index is 0.0280. The third kappa shape index (κ3) is 5.13. The third-order valence-corrected chi connectivity index (χ3v) is 12.1. The molecule has 4 aliphatic heterocycles. The first-order valence-corrected chi connectivity index (χ1v) is 16.8. The van der Waals surface area contributed by atoms with Gasteiger partial charge in [0.15, 0.2) is 5.79 Å². The van der Waals surface area contributed by atoms with Crippen LogP contribution in [0.3, 0.4) is 0 Å². The molecule has 4 aliphatic rings. The first-order valence-electron chi connectivity index (χ1n) is 16.8. The minimum Gasteiger partial charge on any atom is -0.392 e. The second-order valence-corrected chi connectivity index (χ2v) is 14.9. The Morgan fingerprint density at radius 3 is 2.14 bits per heavy atom. The smallest absolute Gasteiger partial charge is 0.201 e. The van der Waals surface area contributed by atoms with Crippen LogP contribution in [0.1, 0.15) is 115 Å². The van der Waals surface area contributed by atoms with Gasteiger partial charge in [-0.15, -0.1) is 0 Å². The van der Waals surface area contributed by atoms with Crippen LogP contribution in [-0.2, 0) is 23.7 Å². The maximum atomic E-state index is 14.1. The zero-order valence-electron chi connectivity index (χ0n) is 28.1. The van der Waals surface area contributed by atoms with Gasteiger partial charge in [-0.25, -0.2) is 0 Å². The third-order valence-electron chi connectivity index (χ3n) is 12.1. The second-order valence-electron chi connectivity index (χ2n) is 14.9. The Kier molecular flexibility index (Phi) is 9.76. The first kappa shape index (κ1) is 34.3. The van der Waals surface area contributed by atoms with E-state index in [2.05, 4.69) is 34.6 Å². The Bertz CT molecular complexity index is 971. The number of fused-ring (bicyclic) bond motifs is 2. The van der Waals surface area contributed by atoms with E-state index in [0.29, 0.717) is 12.8 Å². The molecule has 0 radical (unpaired) electrons. The molecule has 0 saturated carbocycles. The Labute approximate surface area is 254 Å². The van der Waals surface area contributed by atoms with Crippen LogP contribution in [0.15, 0.2) is 0 Å². The number of hydrogen-bond donors (Lipinski definition) is 3. The fourth-order valence-corrected chi connectivity index (χ4v) is 9.61. The van der Waals surface area contributed by atoms with Gasteiger partial charge in [-0.05, 0) is 58.3 Å². The van der Waals surface area contributed by atoms with Gasteiger partial charge in [0.25, 0.3) is 0 Å². The SMILES string of the molecule is CC[C@H](C(=O)[C@@H](C)[C@@H](O)[C@H](C)C1O[C@](C)(O)[C@H](CC)[C@H](O)[C@@H]1C)C1O[C@](C)(C23O[C@@H](CC)[C@](CC)(C[C@H]2C)O3)C[C@@H]1C. The van der Waals surface area contributed by atoms with Crippen LogP contribution in [0.25, 0.3) is 0 Å². The molecule has 0 aromatic rings. The first-order chi connectivity index (χ1) is 19.5. The lowest BCUT2D eigenvalue weighted by Crippen LogP contribution is -2.59. The second kappa shape index (κ2) is 12.0. The van der Waals surface area contributed by atoms with Crippen LogP contribution >= 0.6 is 0 Å². The molecule has 8 heteroatoms. The van der Waals surface area contributed by atoms with Crippen molar-refractivity contribution in [1.29, 1.82) is 0 Å². The monoisotopic (exact) mass is 596 g/mol. The standard InChI is InChI=1S/C34H60O8/c1-12-23(27(36)20(7)26(35)21(8)30-22(9)28(37)24(13-2)32(11,38)41-30)29-18(5)16-31(10,40-29)34-19(6)17-33(15-4,42-34)25(14-3)39-34/h18-26,28-30,35,37-38H,12-17H2,1-11H3/t18-,19+,20-,21-,22-,23+,24+,25-,26+,28+,29?,30?,31-,32-,33-,34?/m0/s1. The highest BCUT2D eigenvalue weighted by Gasteiger charge is 2.73. The lowest BCUT2D eigenvalue weighted by Gasteiger charge is -2.50. The molecule has 0 aliphatic carbocycles. The van der Waals surface area contributed by atoms with Crippen LogP contribution in [-0.4, -0.2) is 74.4 Å². The number of rotatable bonds is 11. The predicted molar refractivity (Wildman–Crippen MR) is 160 cm³/mol. The molecule has 16 atom stereocenters. The van der Waals surface area contributed by atoms with Gasteiger partial charge in [0, 0.05) is 35.5 Å². The maximum Gasteiger partial charge on any atom is 0.201 e. The fraction of sp³-hybridized carbons (Fsp3) is 0.971. The van der Waals surface area contributed by atoms with E-state index in [1.54, 1.807) is 13.8 Å². The van der Waals surface area contributed by atoms with Crippen LogP contribution in [0.2, 0.25) is 0 Å². The van der Waals surface area contributed by atoms with Crippen LogP contribution < -0.4 is 0 Å². The van der Waals surface area contributed by atoms with Gasteiger partial charge in [0.1, 0.15) is 11.4 Å². The Balaban J connectivity index is 1.51. The van der Waals surface area contributed by atoms with Crippen LogP contribution in [0, 0.1) is 41.4 Å². The van der Waals surface area contributed by atoms with E-state index in [1.165, 1.54) is 0 Å². The summed E-state index contributed by atoms with van der Waals surface area (Å²) >= 11 is 0. The van der Waals surface area contributed by atoms with E-state index in [4.69, 9.17) is 18.9 Å². The lowest BCUT2D eigenvalue weighted by atomic mass is 9.72. The van der Waals surface area contributed by atoms with E-state index in [1.807, 2.05) is 27.7 Å². The zero-order valence-corrected chi connectivity index (χ0v) is 28.1. The summed E-state index contributed by atoms with van der Waals surface area (Å²) in [6.07, 6.45) is 1.96. The number of aliphatic hydroxyl groups excluding tert-OH is 2. The quantitative estimate of drug-likeness (QED) is 0.297. The molecule has 4 rings (SSSR count). The van der Waals surface area contributed by atoms with Crippen molar-refractivity contribution >= 4 is 5.78 Å². The Morgan fingerprint density at radius 1 is 0.952 bits per heavy atom. The van der Waals surface area contributed by atoms with Gasteiger partial charge < -0.3 is 34.3 Å². The Morgan fingerprint density at radius 2 is 1.60 bits per heavy atom. The van der Waals surface area contributed by atoms with Gasteiger partial charge >= 0.3 is 0 Å². The van der Waals surface area contributed by atoms with Crippen LogP contribution in [0.4, 0.5) is 0 Å². The summed E-state index contributed by atoms with van der Waals surface area (Å²) in [6, 6.07) is 0. The Hall–Kier alpha value is -0.610. The summed E-state index contributed by atoms with van der Waals surface area (Å²) in [6.45, 7) is 21.8. The topological polar surface area (TPSA) is 115 Å². The van der Waals surface area contributed by atoms with Gasteiger partial charge in [0.2, 0.25) is 5.79 Å². The van der Waals surface area contributed by atoms with Gasteiger partial charge in [-0.3, -0.25) is 4.79 Å². The molecule has 244 valence electrons. The molecule has 42 heavy (non-hydrogen) atoms. The van der Waals surface area contributed by atoms with E-state index < -0.39 is 59.2 Å². The number of carbonyl (C=O) groups excluding carboxylic acids is 1. The van der Waals surface area contributed by atoms with Gasteiger partial charge in [-0.1, -0.05) is 62.3 Å². The molecule has 0 spiro atoms. The van der Waals surface area contributed by atoms with Crippen molar-refractivity contribution in [3.63, 3.8) is 0 Å². The molecule has 8 nitrogen and oxygen atoms in total. The predicted octanol–water partition coefficient (Wildman–Crippen LogP) is 5.24. The van der Waals surface area contributed by atoms with E-state index in [9.17, 15) is 20.1 Å². The number of carbonyl (C=O) groups is 1. The summed E-state index contributed by atoms with van der Waals surface area (Å²) < 4.78 is 26.7. The number of ketones is 1. The van der Waals surface area contributed by atoms with Crippen molar-refractivity contribution in [3.8, 4) is 0 Å². The summed E-state index contributed by atoms with van der Waals surface area (Å²) in [5.41, 5.74) is -0.979. The van der Waals surface area contributed by atoms with E-state index in [0.717, 1.165) is 25.7 Å². The minimum atomic E-state index is -1.51. The van der Waals surface area contributed by atoms with E-state index in [-0.39, 0.29) is 41.3 Å². The average Bonchev–Trinajstić information content (AvgIpc) is 3.56. The normalized spacial score (nSPS) is 50.0. The van der Waals surface area contributed by atoms with Crippen molar-refractivity contribution in [2.75, 3.05) is 0 Å². The summed E-state index contributed by atoms with van der Waals surface area (Å²) in [7, 11) is 0. The molecule has 4 heterocycles. The number of Topliss-reactive ketones (excluding diaryl/α,β-unsaturated/α-hetero) is 1. The molecule has 2 bridgehead atoms. The van der Waals surface area contributed by atoms with Crippen molar-refractivity contribution in [1.82, 2.24) is 0 Å². The molecular weight excluding hydrogens is 536 g/mol. The molecule has 4 fully saturated rings. The van der Waals surface area contributed by atoms with Crippen LogP contribution in [0.5, 0.6) is 0 Å². The number of hydrogen-bond acceptors (Lipinski definition) is 8. The molecule has 4 saturated heterocycles.